The molecule has 0 aliphatic carbocycles. The highest BCUT2D eigenvalue weighted by molar-refractivity contribution is 9.10. The maximum atomic E-state index is 11.3. The first kappa shape index (κ1) is 10.1. The maximum absolute atomic E-state index is 11.3. The Labute approximate surface area is 83.8 Å². The van der Waals surface area contributed by atoms with Gasteiger partial charge in [-0.3, -0.25) is 0 Å². The van der Waals surface area contributed by atoms with Crippen LogP contribution in [0, 0.1) is 0 Å². The second-order valence-corrected chi connectivity index (χ2v) is 4.43. The fraction of sp³-hybridized carbons (Fsp3) is 0.250. The van der Waals surface area contributed by atoms with E-state index < -0.39 is 11.4 Å². The van der Waals surface area contributed by atoms with E-state index in [2.05, 4.69) is 20.7 Å². The van der Waals surface area contributed by atoms with E-state index in [1.807, 2.05) is 31.2 Å². The maximum Gasteiger partial charge on any atom is 0.173 e. The highest BCUT2D eigenvalue weighted by atomic mass is 79.9. The van der Waals surface area contributed by atoms with Gasteiger partial charge in [-0.1, -0.05) is 15.9 Å². The second kappa shape index (κ2) is 4.87. The minimum absolute atomic E-state index is 0.711. The number of rotatable bonds is 3. The molecule has 4 heteroatoms. The second-order valence-electron chi connectivity index (χ2n) is 2.22. The Bertz CT molecular complexity index is 239. The predicted octanol–water partition coefficient (Wildman–Crippen LogP) is 2.08. The number of hydrogen-bond donors (Lipinski definition) is 1. The van der Waals surface area contributed by atoms with Gasteiger partial charge in [-0.15, -0.1) is 4.72 Å². The smallest absolute Gasteiger partial charge is 0.173 e. The monoisotopic (exact) mass is 247 g/mol. The van der Waals surface area contributed by atoms with Gasteiger partial charge in [0.2, 0.25) is 0 Å². The summed E-state index contributed by atoms with van der Waals surface area (Å²) < 4.78 is 15.2. The molecular formula is C8H10BrNOS. The van der Waals surface area contributed by atoms with Gasteiger partial charge in [0.1, 0.15) is 0 Å². The molecule has 0 bridgehead atoms. The zero-order chi connectivity index (χ0) is 8.97. The van der Waals surface area contributed by atoms with Crippen molar-refractivity contribution < 1.29 is 4.55 Å². The van der Waals surface area contributed by atoms with Crippen molar-refractivity contribution in [3.05, 3.63) is 28.7 Å². The Morgan fingerprint density at radius 2 is 2.00 bits per heavy atom. The van der Waals surface area contributed by atoms with Crippen LogP contribution in [0.15, 0.2) is 33.6 Å². The van der Waals surface area contributed by atoms with Gasteiger partial charge in [0, 0.05) is 11.0 Å². The summed E-state index contributed by atoms with van der Waals surface area (Å²) in [6, 6.07) is 7.43. The molecule has 1 rings (SSSR count). The average molecular weight is 248 g/mol. The number of hydrogen-bond acceptors (Lipinski definition) is 2. The lowest BCUT2D eigenvalue weighted by Gasteiger charge is -2.08. The normalized spacial score (nSPS) is 12.9. The molecular weight excluding hydrogens is 238 g/mol. The lowest BCUT2D eigenvalue weighted by Crippen LogP contribution is -2.22. The first-order chi connectivity index (χ1) is 5.74. The molecule has 0 amide bonds. The molecule has 2 nitrogen and oxygen atoms in total. The first-order valence-electron chi connectivity index (χ1n) is 3.65. The largest absolute Gasteiger partial charge is 0.593 e. The average Bonchev–Trinajstić information content (AvgIpc) is 2.06. The highest BCUT2D eigenvalue weighted by Crippen LogP contribution is 2.13. The zero-order valence-electron chi connectivity index (χ0n) is 6.71. The summed E-state index contributed by atoms with van der Waals surface area (Å²) in [6.45, 7) is 2.64. The van der Waals surface area contributed by atoms with Crippen molar-refractivity contribution in [3.63, 3.8) is 0 Å². The van der Waals surface area contributed by atoms with E-state index in [1.54, 1.807) is 0 Å². The van der Waals surface area contributed by atoms with Gasteiger partial charge in [0.15, 0.2) is 4.90 Å². The molecule has 0 aromatic heterocycles. The molecule has 1 aromatic carbocycles. The molecule has 0 heterocycles. The van der Waals surface area contributed by atoms with Crippen molar-refractivity contribution in [1.82, 2.24) is 4.72 Å². The minimum atomic E-state index is -1.06. The van der Waals surface area contributed by atoms with Crippen molar-refractivity contribution in [1.29, 1.82) is 0 Å². The van der Waals surface area contributed by atoms with Crippen LogP contribution in [0.5, 0.6) is 0 Å². The summed E-state index contributed by atoms with van der Waals surface area (Å²) in [6.07, 6.45) is 0. The van der Waals surface area contributed by atoms with Gasteiger partial charge in [-0.05, 0) is 31.2 Å². The third-order valence-electron chi connectivity index (χ3n) is 1.30. The van der Waals surface area contributed by atoms with Crippen molar-refractivity contribution in [2.75, 3.05) is 6.54 Å². The summed E-state index contributed by atoms with van der Waals surface area (Å²) in [5.41, 5.74) is 0. The topological polar surface area (TPSA) is 35.1 Å². The molecule has 1 atom stereocenters. The van der Waals surface area contributed by atoms with Crippen LogP contribution in [0.2, 0.25) is 0 Å². The lowest BCUT2D eigenvalue weighted by atomic mass is 10.4. The van der Waals surface area contributed by atoms with E-state index in [0.29, 0.717) is 6.54 Å². The van der Waals surface area contributed by atoms with Crippen molar-refractivity contribution in [2.45, 2.75) is 11.8 Å². The van der Waals surface area contributed by atoms with Gasteiger partial charge in [-0.2, -0.15) is 0 Å². The third-order valence-corrected chi connectivity index (χ3v) is 3.08. The van der Waals surface area contributed by atoms with E-state index >= 15 is 0 Å². The van der Waals surface area contributed by atoms with Crippen LogP contribution >= 0.6 is 15.9 Å². The standard InChI is InChI=1S/C8H10BrNOS/c1-2-10-12(11)8-5-3-7(9)4-6-8/h3-6,10H,2H2,1H3. The first-order valence-corrected chi connectivity index (χ1v) is 5.59. The summed E-state index contributed by atoms with van der Waals surface area (Å²) >= 11 is 2.25. The Morgan fingerprint density at radius 1 is 1.42 bits per heavy atom. The van der Waals surface area contributed by atoms with Gasteiger partial charge in [0.25, 0.3) is 0 Å². The molecule has 0 saturated carbocycles. The summed E-state index contributed by atoms with van der Waals surface area (Å²) in [5, 5.41) is 0. The highest BCUT2D eigenvalue weighted by Gasteiger charge is 2.07. The molecule has 0 saturated heterocycles. The molecule has 12 heavy (non-hydrogen) atoms. The van der Waals surface area contributed by atoms with Crippen LogP contribution in [0.1, 0.15) is 6.92 Å². The van der Waals surface area contributed by atoms with Crippen molar-refractivity contribution >= 4 is 27.3 Å². The van der Waals surface area contributed by atoms with Crippen LogP contribution in [-0.4, -0.2) is 11.1 Å². The van der Waals surface area contributed by atoms with Crippen LogP contribution in [-0.2, 0) is 11.4 Å². The Balaban J connectivity index is 2.68. The van der Waals surface area contributed by atoms with Gasteiger partial charge in [-0.25, -0.2) is 0 Å². The molecule has 1 N–H and O–H groups in total. The third kappa shape index (κ3) is 2.79. The molecule has 0 radical (unpaired) electrons. The lowest BCUT2D eigenvalue weighted by molar-refractivity contribution is 0.583. The molecule has 66 valence electrons. The summed E-state index contributed by atoms with van der Waals surface area (Å²) in [7, 11) is 0. The summed E-state index contributed by atoms with van der Waals surface area (Å²) in [4.78, 5) is 0.806. The van der Waals surface area contributed by atoms with E-state index in [9.17, 15) is 4.55 Å². The number of nitrogens with one attached hydrogen (secondary N) is 1. The van der Waals surface area contributed by atoms with Crippen LogP contribution in [0.3, 0.4) is 0 Å². The van der Waals surface area contributed by atoms with Gasteiger partial charge in [0.05, 0.1) is 11.4 Å². The van der Waals surface area contributed by atoms with E-state index in [0.717, 1.165) is 9.37 Å². The quantitative estimate of drug-likeness (QED) is 0.831. The van der Waals surface area contributed by atoms with Crippen molar-refractivity contribution in [2.24, 2.45) is 0 Å². The number of benzene rings is 1. The Kier molecular flexibility index (Phi) is 4.08. The van der Waals surface area contributed by atoms with Crippen LogP contribution in [0.4, 0.5) is 0 Å². The SMILES string of the molecule is CCN[S+]([O-])c1ccc(Br)cc1. The molecule has 0 aliphatic rings. The Hall–Kier alpha value is -0.0300. The molecule has 0 spiro atoms. The number of halogens is 1. The van der Waals surface area contributed by atoms with Crippen LogP contribution in [0.25, 0.3) is 0 Å². The van der Waals surface area contributed by atoms with E-state index in [1.165, 1.54) is 0 Å². The fourth-order valence-corrected chi connectivity index (χ4v) is 1.85. The summed E-state index contributed by atoms with van der Waals surface area (Å²) in [5.74, 6) is 0. The fourth-order valence-electron chi connectivity index (χ4n) is 0.773. The van der Waals surface area contributed by atoms with Gasteiger partial charge < -0.3 is 4.55 Å². The van der Waals surface area contributed by atoms with Crippen LogP contribution < -0.4 is 4.72 Å². The Morgan fingerprint density at radius 3 is 2.50 bits per heavy atom. The molecule has 1 unspecified atom stereocenters. The molecule has 0 aliphatic heterocycles. The molecule has 0 fully saturated rings. The molecule has 1 aromatic rings. The van der Waals surface area contributed by atoms with E-state index in [-0.39, 0.29) is 0 Å². The van der Waals surface area contributed by atoms with Gasteiger partial charge >= 0.3 is 0 Å². The van der Waals surface area contributed by atoms with Crippen molar-refractivity contribution in [3.8, 4) is 0 Å². The minimum Gasteiger partial charge on any atom is -0.593 e. The van der Waals surface area contributed by atoms with E-state index in [4.69, 9.17) is 0 Å². The zero-order valence-corrected chi connectivity index (χ0v) is 9.11. The predicted molar refractivity (Wildman–Crippen MR) is 54.2 cm³/mol.